The van der Waals surface area contributed by atoms with E-state index in [2.05, 4.69) is 15.3 Å². The molecule has 7 nitrogen and oxygen atoms in total. The molecule has 3 aromatic rings. The van der Waals surface area contributed by atoms with E-state index in [1.807, 2.05) is 30.3 Å². The molecule has 0 unspecified atom stereocenters. The average molecular weight is 382 g/mol. The molecule has 2 aromatic carbocycles. The minimum absolute atomic E-state index is 0.0229. The van der Waals surface area contributed by atoms with Gasteiger partial charge in [0.2, 0.25) is 10.0 Å². The van der Waals surface area contributed by atoms with Gasteiger partial charge < -0.3 is 5.32 Å². The Morgan fingerprint density at radius 1 is 1.07 bits per heavy atom. The number of nitrogens with zero attached hydrogens (tertiary/aromatic N) is 2. The van der Waals surface area contributed by atoms with Crippen molar-refractivity contribution < 1.29 is 13.2 Å². The zero-order chi connectivity index (χ0) is 19.4. The quantitative estimate of drug-likeness (QED) is 0.702. The minimum Gasteiger partial charge on any atom is -0.322 e. The number of aryl methyl sites for hydroxylation is 1. The highest BCUT2D eigenvalue weighted by molar-refractivity contribution is 7.89. The number of anilines is 1. The topological polar surface area (TPSA) is 115 Å². The summed E-state index contributed by atoms with van der Waals surface area (Å²) in [6.45, 7) is 1.75. The van der Waals surface area contributed by atoms with Gasteiger partial charge in [0.05, 0.1) is 16.2 Å². The van der Waals surface area contributed by atoms with Gasteiger partial charge in [0.1, 0.15) is 5.82 Å². The van der Waals surface area contributed by atoms with Crippen molar-refractivity contribution in [1.82, 2.24) is 9.97 Å². The van der Waals surface area contributed by atoms with Crippen LogP contribution in [0.4, 0.5) is 5.69 Å². The Kier molecular flexibility index (Phi) is 5.29. The first kappa shape index (κ1) is 18.7. The van der Waals surface area contributed by atoms with Gasteiger partial charge in [0, 0.05) is 18.3 Å². The largest absolute Gasteiger partial charge is 0.322 e. The van der Waals surface area contributed by atoms with E-state index < -0.39 is 10.0 Å². The molecule has 27 heavy (non-hydrogen) atoms. The van der Waals surface area contributed by atoms with Crippen LogP contribution in [0.3, 0.4) is 0 Å². The number of carbonyl (C=O) groups excluding carboxylic acids is 1. The van der Waals surface area contributed by atoms with Crippen LogP contribution in [-0.4, -0.2) is 24.3 Å². The number of primary sulfonamides is 1. The van der Waals surface area contributed by atoms with Crippen LogP contribution in [0, 0.1) is 6.92 Å². The summed E-state index contributed by atoms with van der Waals surface area (Å²) in [5.74, 6) is 0.259. The van der Waals surface area contributed by atoms with Crippen molar-refractivity contribution in [3.05, 3.63) is 83.4 Å². The van der Waals surface area contributed by atoms with Crippen LogP contribution in [0.15, 0.2) is 65.7 Å². The highest BCUT2D eigenvalue weighted by Gasteiger charge is 2.13. The molecule has 8 heteroatoms. The number of amides is 1. The summed E-state index contributed by atoms with van der Waals surface area (Å²) < 4.78 is 22.5. The molecule has 0 aliphatic rings. The fourth-order valence-corrected chi connectivity index (χ4v) is 3.04. The lowest BCUT2D eigenvalue weighted by molar-refractivity contribution is 0.102. The SMILES string of the molecule is Cc1nc(Cc2ccccc2)ncc1C(=O)Nc1ccc(S(N)(=O)=O)cc1. The van der Waals surface area contributed by atoms with Gasteiger partial charge >= 0.3 is 0 Å². The van der Waals surface area contributed by atoms with Crippen LogP contribution in [0.25, 0.3) is 0 Å². The average Bonchev–Trinajstić information content (AvgIpc) is 2.62. The van der Waals surface area contributed by atoms with Crippen molar-refractivity contribution in [2.45, 2.75) is 18.2 Å². The van der Waals surface area contributed by atoms with Gasteiger partial charge in [-0.05, 0) is 36.8 Å². The molecular weight excluding hydrogens is 364 g/mol. The van der Waals surface area contributed by atoms with Gasteiger partial charge in [0.15, 0.2) is 0 Å². The van der Waals surface area contributed by atoms with Crippen LogP contribution in [-0.2, 0) is 16.4 Å². The van der Waals surface area contributed by atoms with Crippen LogP contribution in [0.5, 0.6) is 0 Å². The predicted molar refractivity (Wildman–Crippen MR) is 102 cm³/mol. The summed E-state index contributed by atoms with van der Waals surface area (Å²) >= 11 is 0. The first-order valence-corrected chi connectivity index (χ1v) is 9.68. The molecule has 0 bridgehead atoms. The maximum Gasteiger partial charge on any atom is 0.259 e. The molecule has 138 valence electrons. The number of nitrogens with two attached hydrogens (primary N) is 1. The summed E-state index contributed by atoms with van der Waals surface area (Å²) in [6, 6.07) is 15.4. The van der Waals surface area contributed by atoms with Gasteiger partial charge in [-0.3, -0.25) is 4.79 Å². The van der Waals surface area contributed by atoms with Crippen LogP contribution in [0.2, 0.25) is 0 Å². The lowest BCUT2D eigenvalue weighted by Crippen LogP contribution is -2.16. The van der Waals surface area contributed by atoms with E-state index in [-0.39, 0.29) is 10.8 Å². The third-order valence-corrected chi connectivity index (χ3v) is 4.85. The van der Waals surface area contributed by atoms with Crippen molar-refractivity contribution >= 4 is 21.6 Å². The first-order valence-electron chi connectivity index (χ1n) is 8.13. The second kappa shape index (κ2) is 7.65. The second-order valence-corrected chi connectivity index (χ2v) is 7.53. The van der Waals surface area contributed by atoms with Gasteiger partial charge in [-0.15, -0.1) is 0 Å². The van der Waals surface area contributed by atoms with E-state index in [9.17, 15) is 13.2 Å². The van der Waals surface area contributed by atoms with Crippen LogP contribution in [0.1, 0.15) is 27.4 Å². The third-order valence-electron chi connectivity index (χ3n) is 3.92. The fourth-order valence-electron chi connectivity index (χ4n) is 2.53. The number of nitrogens with one attached hydrogen (secondary N) is 1. The smallest absolute Gasteiger partial charge is 0.259 e. The Labute approximate surface area is 157 Å². The third kappa shape index (κ3) is 4.75. The van der Waals surface area contributed by atoms with E-state index in [0.717, 1.165) is 5.56 Å². The van der Waals surface area contributed by atoms with E-state index in [1.54, 1.807) is 6.92 Å². The zero-order valence-corrected chi connectivity index (χ0v) is 15.4. The molecule has 1 aromatic heterocycles. The number of benzene rings is 2. The number of sulfonamides is 1. The Morgan fingerprint density at radius 2 is 1.74 bits per heavy atom. The molecule has 1 amide bonds. The van der Waals surface area contributed by atoms with Crippen molar-refractivity contribution in [2.75, 3.05) is 5.32 Å². The highest BCUT2D eigenvalue weighted by Crippen LogP contribution is 2.15. The summed E-state index contributed by atoms with van der Waals surface area (Å²) in [6.07, 6.45) is 2.08. The van der Waals surface area contributed by atoms with Crippen molar-refractivity contribution in [1.29, 1.82) is 0 Å². The van der Waals surface area contributed by atoms with E-state index in [1.165, 1.54) is 30.5 Å². The maximum absolute atomic E-state index is 12.5. The van der Waals surface area contributed by atoms with Crippen molar-refractivity contribution in [2.24, 2.45) is 5.14 Å². The second-order valence-electron chi connectivity index (χ2n) is 5.97. The Morgan fingerprint density at radius 3 is 2.33 bits per heavy atom. The molecular formula is C19H18N4O3S. The summed E-state index contributed by atoms with van der Waals surface area (Å²) in [5, 5.41) is 7.75. The summed E-state index contributed by atoms with van der Waals surface area (Å²) in [7, 11) is -3.77. The van der Waals surface area contributed by atoms with Gasteiger partial charge in [0.25, 0.3) is 5.91 Å². The fraction of sp³-hybridized carbons (Fsp3) is 0.105. The lowest BCUT2D eigenvalue weighted by atomic mass is 10.1. The predicted octanol–water partition coefficient (Wildman–Crippen LogP) is 2.28. The number of rotatable bonds is 5. The summed E-state index contributed by atoms with van der Waals surface area (Å²) in [5.41, 5.74) is 2.45. The minimum atomic E-state index is -3.77. The normalized spacial score (nSPS) is 11.2. The van der Waals surface area contributed by atoms with Gasteiger partial charge in [-0.25, -0.2) is 23.5 Å². The molecule has 0 radical (unpaired) electrons. The van der Waals surface area contributed by atoms with Crippen LogP contribution >= 0.6 is 0 Å². The number of hydrogen-bond donors (Lipinski definition) is 2. The molecule has 0 spiro atoms. The lowest BCUT2D eigenvalue weighted by Gasteiger charge is -2.09. The molecule has 0 saturated carbocycles. The molecule has 1 heterocycles. The van der Waals surface area contributed by atoms with Crippen LogP contribution < -0.4 is 10.5 Å². The van der Waals surface area contributed by atoms with Crippen molar-refractivity contribution in [3.63, 3.8) is 0 Å². The van der Waals surface area contributed by atoms with E-state index >= 15 is 0 Å². The number of hydrogen-bond acceptors (Lipinski definition) is 5. The van der Waals surface area contributed by atoms with Gasteiger partial charge in [-0.1, -0.05) is 30.3 Å². The molecule has 0 atom stereocenters. The zero-order valence-electron chi connectivity index (χ0n) is 14.6. The molecule has 0 aliphatic carbocycles. The Hall–Kier alpha value is -3.10. The monoisotopic (exact) mass is 382 g/mol. The molecule has 0 aliphatic heterocycles. The molecule has 3 rings (SSSR count). The standard InChI is InChI=1S/C19H18N4O3S/c1-13-17(12-21-18(22-13)11-14-5-3-2-4-6-14)19(24)23-15-7-9-16(10-8-15)27(20,25)26/h2-10,12H,11H2,1H3,(H,23,24)(H2,20,25,26). The molecule has 0 fully saturated rings. The maximum atomic E-state index is 12.5. The Balaban J connectivity index is 1.73. The van der Waals surface area contributed by atoms with E-state index in [4.69, 9.17) is 5.14 Å². The number of carbonyl (C=O) groups is 1. The number of aromatic nitrogens is 2. The van der Waals surface area contributed by atoms with Crippen molar-refractivity contribution in [3.8, 4) is 0 Å². The Bertz CT molecular complexity index is 1070. The highest BCUT2D eigenvalue weighted by atomic mass is 32.2. The first-order chi connectivity index (χ1) is 12.8. The summed E-state index contributed by atoms with van der Waals surface area (Å²) in [4.78, 5) is 21.1. The van der Waals surface area contributed by atoms with Gasteiger partial charge in [-0.2, -0.15) is 0 Å². The molecule has 0 saturated heterocycles. The molecule has 3 N–H and O–H groups in total. The van der Waals surface area contributed by atoms with E-state index in [0.29, 0.717) is 29.2 Å².